The lowest BCUT2D eigenvalue weighted by Gasteiger charge is -2.32. The van der Waals surface area contributed by atoms with Crippen LogP contribution in [0.3, 0.4) is 0 Å². The Balaban J connectivity index is 1.59. The maximum absolute atomic E-state index is 12.9. The molecule has 0 unspecified atom stereocenters. The van der Waals surface area contributed by atoms with Gasteiger partial charge in [0.15, 0.2) is 0 Å². The molecule has 1 N–H and O–H groups in total. The van der Waals surface area contributed by atoms with Crippen molar-refractivity contribution in [2.24, 2.45) is 0 Å². The van der Waals surface area contributed by atoms with Crippen molar-refractivity contribution < 1.29 is 27.6 Å². The van der Waals surface area contributed by atoms with Crippen LogP contribution in [-0.2, 0) is 12.7 Å². The molecule has 0 aromatic heterocycles. The molecule has 1 amide bonds. The number of nitrogens with zero attached hydrogens (tertiary/aromatic N) is 1. The maximum atomic E-state index is 12.9. The van der Waals surface area contributed by atoms with Crippen LogP contribution in [0.15, 0.2) is 42.5 Å². The largest absolute Gasteiger partial charge is 0.496 e. The topological polar surface area (TPSA) is 34.0 Å². The molecular formula is C21H24F3N2O2+. The Labute approximate surface area is 162 Å². The highest BCUT2D eigenvalue weighted by Crippen LogP contribution is 2.29. The summed E-state index contributed by atoms with van der Waals surface area (Å²) in [5, 5.41) is 0. The Kier molecular flexibility index (Phi) is 5.93. The summed E-state index contributed by atoms with van der Waals surface area (Å²) in [5.41, 5.74) is 1.59. The monoisotopic (exact) mass is 393 g/mol. The van der Waals surface area contributed by atoms with Crippen molar-refractivity contribution in [2.45, 2.75) is 19.6 Å². The van der Waals surface area contributed by atoms with E-state index in [1.54, 1.807) is 30.2 Å². The van der Waals surface area contributed by atoms with Crippen molar-refractivity contribution in [3.8, 4) is 5.75 Å². The number of methoxy groups -OCH3 is 1. The molecule has 1 saturated heterocycles. The number of piperazine rings is 1. The van der Waals surface area contributed by atoms with Gasteiger partial charge in [-0.15, -0.1) is 0 Å². The average Bonchev–Trinajstić information content (AvgIpc) is 2.68. The zero-order valence-electron chi connectivity index (χ0n) is 16.0. The van der Waals surface area contributed by atoms with E-state index in [4.69, 9.17) is 4.74 Å². The molecule has 7 heteroatoms. The number of rotatable bonds is 4. The highest BCUT2D eigenvalue weighted by atomic mass is 19.4. The molecule has 3 rings (SSSR count). The van der Waals surface area contributed by atoms with E-state index in [0.29, 0.717) is 49.6 Å². The molecule has 1 aliphatic rings. The van der Waals surface area contributed by atoms with Gasteiger partial charge in [-0.05, 0) is 36.8 Å². The van der Waals surface area contributed by atoms with Gasteiger partial charge in [0.2, 0.25) is 0 Å². The highest BCUT2D eigenvalue weighted by Gasteiger charge is 2.31. The molecule has 1 aliphatic heterocycles. The zero-order valence-corrected chi connectivity index (χ0v) is 16.0. The van der Waals surface area contributed by atoms with Crippen LogP contribution < -0.4 is 9.64 Å². The van der Waals surface area contributed by atoms with Crippen molar-refractivity contribution in [1.29, 1.82) is 0 Å². The van der Waals surface area contributed by atoms with Crippen LogP contribution in [0.5, 0.6) is 5.75 Å². The molecule has 0 saturated carbocycles. The van der Waals surface area contributed by atoms with Gasteiger partial charge < -0.3 is 14.5 Å². The fraction of sp³-hybridized carbons (Fsp3) is 0.381. The number of halogens is 3. The summed E-state index contributed by atoms with van der Waals surface area (Å²) < 4.78 is 43.9. The molecular weight excluding hydrogens is 369 g/mol. The first kappa shape index (κ1) is 20.2. The van der Waals surface area contributed by atoms with Crippen LogP contribution in [0.4, 0.5) is 13.2 Å². The van der Waals surface area contributed by atoms with Crippen molar-refractivity contribution >= 4 is 5.91 Å². The number of nitrogens with one attached hydrogen (secondary N) is 1. The first-order valence-corrected chi connectivity index (χ1v) is 9.21. The summed E-state index contributed by atoms with van der Waals surface area (Å²) >= 11 is 0. The fourth-order valence-corrected chi connectivity index (χ4v) is 3.48. The summed E-state index contributed by atoms with van der Waals surface area (Å²) in [7, 11) is 1.58. The zero-order chi connectivity index (χ0) is 20.3. The van der Waals surface area contributed by atoms with Crippen molar-refractivity contribution in [1.82, 2.24) is 4.90 Å². The van der Waals surface area contributed by atoms with E-state index in [0.717, 1.165) is 11.6 Å². The van der Waals surface area contributed by atoms with Crippen LogP contribution in [0, 0.1) is 6.92 Å². The first-order valence-electron chi connectivity index (χ1n) is 9.21. The van der Waals surface area contributed by atoms with Crippen LogP contribution in [-0.4, -0.2) is 44.1 Å². The third-order valence-corrected chi connectivity index (χ3v) is 5.12. The molecule has 0 bridgehead atoms. The van der Waals surface area contributed by atoms with E-state index in [-0.39, 0.29) is 5.91 Å². The van der Waals surface area contributed by atoms with Gasteiger partial charge in [-0.3, -0.25) is 4.79 Å². The Hall–Kier alpha value is -2.54. The standard InChI is InChI=1S/C21H23F3N2O2/c1-15-6-7-17(13-19(15)28-2)20(27)26-10-8-25(9-11-26)14-16-4-3-5-18(12-16)21(22,23)24/h3-7,12-13H,8-11,14H2,1-2H3/p+1. The number of hydrogen-bond acceptors (Lipinski definition) is 2. The first-order chi connectivity index (χ1) is 13.3. The number of benzene rings is 2. The van der Waals surface area contributed by atoms with E-state index in [1.807, 2.05) is 13.0 Å². The second kappa shape index (κ2) is 8.22. The molecule has 0 spiro atoms. The molecule has 2 aromatic rings. The van der Waals surface area contributed by atoms with Crippen LogP contribution in [0.2, 0.25) is 0 Å². The highest BCUT2D eigenvalue weighted by molar-refractivity contribution is 5.94. The molecule has 0 atom stereocenters. The van der Waals surface area contributed by atoms with Gasteiger partial charge in [0.1, 0.15) is 12.3 Å². The Morgan fingerprint density at radius 1 is 1.14 bits per heavy atom. The number of carbonyl (C=O) groups excluding carboxylic acids is 1. The Bertz CT molecular complexity index is 844. The van der Waals surface area contributed by atoms with Crippen LogP contribution >= 0.6 is 0 Å². The Morgan fingerprint density at radius 2 is 1.86 bits per heavy atom. The van der Waals surface area contributed by atoms with E-state index in [2.05, 4.69) is 0 Å². The summed E-state index contributed by atoms with van der Waals surface area (Å²) in [5.74, 6) is 0.635. The van der Waals surface area contributed by atoms with Gasteiger partial charge in [0.25, 0.3) is 5.91 Å². The molecule has 28 heavy (non-hydrogen) atoms. The average molecular weight is 393 g/mol. The maximum Gasteiger partial charge on any atom is 0.416 e. The number of hydrogen-bond donors (Lipinski definition) is 1. The van der Waals surface area contributed by atoms with Gasteiger partial charge in [-0.2, -0.15) is 13.2 Å². The van der Waals surface area contributed by atoms with Crippen molar-refractivity contribution in [3.05, 3.63) is 64.7 Å². The number of aryl methyl sites for hydroxylation is 1. The summed E-state index contributed by atoms with van der Waals surface area (Å²) in [6.45, 7) is 4.98. The van der Waals surface area contributed by atoms with Gasteiger partial charge in [-0.25, -0.2) is 0 Å². The second-order valence-corrected chi connectivity index (χ2v) is 7.10. The molecule has 1 heterocycles. The summed E-state index contributed by atoms with van der Waals surface area (Å²) in [6, 6.07) is 10.9. The van der Waals surface area contributed by atoms with E-state index in [1.165, 1.54) is 17.0 Å². The smallest absolute Gasteiger partial charge is 0.416 e. The van der Waals surface area contributed by atoms with E-state index in [9.17, 15) is 18.0 Å². The lowest BCUT2D eigenvalue weighted by Crippen LogP contribution is -3.13. The number of alkyl halides is 3. The molecule has 0 radical (unpaired) electrons. The minimum Gasteiger partial charge on any atom is -0.496 e. The summed E-state index contributed by atoms with van der Waals surface area (Å²) in [4.78, 5) is 15.7. The molecule has 0 aliphatic carbocycles. The molecule has 4 nitrogen and oxygen atoms in total. The van der Waals surface area contributed by atoms with Gasteiger partial charge in [0.05, 0.1) is 38.9 Å². The normalized spacial score (nSPS) is 15.5. The minimum atomic E-state index is -4.33. The SMILES string of the molecule is COc1cc(C(=O)N2CC[NH+](Cc3cccc(C(F)(F)F)c3)CC2)ccc1C. The number of ether oxygens (including phenoxy) is 1. The van der Waals surface area contributed by atoms with E-state index < -0.39 is 11.7 Å². The van der Waals surface area contributed by atoms with Crippen molar-refractivity contribution in [2.75, 3.05) is 33.3 Å². The Morgan fingerprint density at radius 3 is 2.50 bits per heavy atom. The van der Waals surface area contributed by atoms with Crippen molar-refractivity contribution in [3.63, 3.8) is 0 Å². The summed E-state index contributed by atoms with van der Waals surface area (Å²) in [6.07, 6.45) is -4.33. The van der Waals surface area contributed by atoms with Gasteiger partial charge in [-0.1, -0.05) is 18.2 Å². The number of carbonyl (C=O) groups is 1. The molecule has 1 fully saturated rings. The third kappa shape index (κ3) is 4.65. The lowest BCUT2D eigenvalue weighted by molar-refractivity contribution is -0.917. The predicted octanol–water partition coefficient (Wildman–Crippen LogP) is 2.56. The van der Waals surface area contributed by atoms with Gasteiger partial charge >= 0.3 is 6.18 Å². The third-order valence-electron chi connectivity index (χ3n) is 5.12. The van der Waals surface area contributed by atoms with E-state index >= 15 is 0 Å². The van der Waals surface area contributed by atoms with Crippen LogP contribution in [0.25, 0.3) is 0 Å². The second-order valence-electron chi connectivity index (χ2n) is 7.10. The molecule has 2 aromatic carbocycles. The number of quaternary nitrogens is 1. The van der Waals surface area contributed by atoms with Crippen LogP contribution in [0.1, 0.15) is 27.0 Å². The lowest BCUT2D eigenvalue weighted by atomic mass is 10.1. The fourth-order valence-electron chi connectivity index (χ4n) is 3.48. The van der Waals surface area contributed by atoms with Gasteiger partial charge in [0, 0.05) is 11.1 Å². The quantitative estimate of drug-likeness (QED) is 0.867. The predicted molar refractivity (Wildman–Crippen MR) is 99.5 cm³/mol. The molecule has 150 valence electrons. The minimum absolute atomic E-state index is 0.0450. The number of amides is 1.